The highest BCUT2D eigenvalue weighted by molar-refractivity contribution is 5.82. The van der Waals surface area contributed by atoms with Gasteiger partial charge in [-0.3, -0.25) is 14.4 Å². The van der Waals surface area contributed by atoms with E-state index >= 15 is 0 Å². The summed E-state index contributed by atoms with van der Waals surface area (Å²) in [4.78, 5) is 40.7. The first-order valence-corrected chi connectivity index (χ1v) is 13.3. The van der Waals surface area contributed by atoms with E-state index < -0.39 is 28.9 Å². The van der Waals surface area contributed by atoms with Gasteiger partial charge in [-0.2, -0.15) is 23.0 Å². The molecule has 3 aromatic rings. The van der Waals surface area contributed by atoms with Crippen LogP contribution < -0.4 is 26.4 Å². The van der Waals surface area contributed by atoms with Gasteiger partial charge < -0.3 is 20.9 Å². The van der Waals surface area contributed by atoms with E-state index in [4.69, 9.17) is 5.73 Å². The molecule has 2 aliphatic heterocycles. The maximum absolute atomic E-state index is 14.4. The number of alkyl halides is 3. The van der Waals surface area contributed by atoms with Crippen molar-refractivity contribution in [3.63, 3.8) is 0 Å². The number of hydrogen-bond donors (Lipinski definition) is 2. The molecule has 2 aromatic carbocycles. The number of benzene rings is 2. The van der Waals surface area contributed by atoms with Crippen LogP contribution in [0.3, 0.4) is 0 Å². The molecule has 41 heavy (non-hydrogen) atoms. The van der Waals surface area contributed by atoms with Crippen LogP contribution >= 0.6 is 0 Å². The summed E-state index contributed by atoms with van der Waals surface area (Å²) in [7, 11) is 0. The number of carbonyl (C=O) groups is 2. The Hall–Kier alpha value is -4.35. The summed E-state index contributed by atoms with van der Waals surface area (Å²) in [6.07, 6.45) is -3.75. The molecule has 0 spiro atoms. The van der Waals surface area contributed by atoms with Crippen LogP contribution in [-0.4, -0.2) is 53.8 Å². The number of aromatic nitrogens is 2. The Morgan fingerprint density at radius 2 is 1.80 bits per heavy atom. The molecule has 216 valence electrons. The number of carbonyl (C=O) groups excluding carboxylic acids is 2. The zero-order chi connectivity index (χ0) is 29.6. The smallest absolute Gasteiger partial charge is 0.369 e. The van der Waals surface area contributed by atoms with E-state index in [0.29, 0.717) is 55.0 Å². The monoisotopic (exact) mass is 568 g/mol. The lowest BCUT2D eigenvalue weighted by atomic mass is 10.0. The van der Waals surface area contributed by atoms with Gasteiger partial charge in [0.1, 0.15) is 5.69 Å². The van der Waals surface area contributed by atoms with Crippen LogP contribution in [-0.2, 0) is 22.2 Å². The highest BCUT2D eigenvalue weighted by Gasteiger charge is 2.37. The van der Waals surface area contributed by atoms with Gasteiger partial charge in [0.25, 0.3) is 5.56 Å². The second-order valence-electron chi connectivity index (χ2n) is 10.7. The van der Waals surface area contributed by atoms with Crippen molar-refractivity contribution in [2.24, 2.45) is 5.73 Å². The molecule has 1 fully saturated rings. The molecule has 12 heteroatoms. The average Bonchev–Trinajstić information content (AvgIpc) is 3.50. The molecular weight excluding hydrogens is 537 g/mol. The third-order valence-corrected chi connectivity index (χ3v) is 7.43. The fraction of sp³-hybridized carbons (Fsp3) is 0.379. The van der Waals surface area contributed by atoms with Crippen molar-refractivity contribution < 1.29 is 22.8 Å². The van der Waals surface area contributed by atoms with Crippen molar-refractivity contribution in [3.05, 3.63) is 69.0 Å². The molecule has 2 amide bonds. The number of amides is 2. The number of nitrogens with two attached hydrogens (primary N) is 1. The van der Waals surface area contributed by atoms with Crippen LogP contribution in [0.25, 0.3) is 16.9 Å². The lowest BCUT2D eigenvalue weighted by molar-refractivity contribution is -0.137. The van der Waals surface area contributed by atoms with Gasteiger partial charge in [0, 0.05) is 49.4 Å². The third-order valence-electron chi connectivity index (χ3n) is 7.43. The third kappa shape index (κ3) is 5.63. The fourth-order valence-electron chi connectivity index (χ4n) is 5.85. The number of aryl methyl sites for hydroxylation is 2. The number of anilines is 2. The van der Waals surface area contributed by atoms with Crippen LogP contribution in [0.2, 0.25) is 0 Å². The van der Waals surface area contributed by atoms with Crippen LogP contribution in [0, 0.1) is 13.8 Å². The minimum atomic E-state index is -4.77. The Bertz CT molecular complexity index is 1580. The van der Waals surface area contributed by atoms with Crippen molar-refractivity contribution in [1.29, 1.82) is 0 Å². The number of fused-ring (bicyclic) bond motifs is 1. The summed E-state index contributed by atoms with van der Waals surface area (Å²) in [6, 6.07) is 9.20. The zero-order valence-corrected chi connectivity index (χ0v) is 23.0. The number of primary amides is 1. The summed E-state index contributed by atoms with van der Waals surface area (Å²) in [5.41, 5.74) is 7.32. The molecule has 1 atom stereocenters. The molecule has 0 radical (unpaired) electrons. The summed E-state index contributed by atoms with van der Waals surface area (Å²) in [5, 5.41) is 7.41. The Kier molecular flexibility index (Phi) is 7.26. The number of rotatable bonds is 6. The maximum Gasteiger partial charge on any atom is 0.418 e. The first-order chi connectivity index (χ1) is 19.3. The van der Waals surface area contributed by atoms with E-state index in [9.17, 15) is 27.6 Å². The number of hydrogen-bond acceptors (Lipinski definition) is 6. The zero-order valence-electron chi connectivity index (χ0n) is 23.0. The Balaban J connectivity index is 1.73. The molecule has 1 saturated heterocycles. The molecule has 1 unspecified atom stereocenters. The van der Waals surface area contributed by atoms with Gasteiger partial charge in [0.05, 0.1) is 23.5 Å². The maximum atomic E-state index is 14.4. The standard InChI is InChI=1S/C29H31F3N6O3/c1-16-10-17(2)12-19(11-16)26-22-7-9-37(15-25(33)40)27(22)28(41)38(35-26)24-13-21(4-5-23(24)29(30,31)32)36-8-6-20(14-36)34-18(3)39/h4-5,10-13,20H,6-9,14-15H2,1-3H3,(H2,33,40)(H,34,39). The van der Waals surface area contributed by atoms with Crippen LogP contribution in [0.5, 0.6) is 0 Å². The average molecular weight is 569 g/mol. The molecule has 9 nitrogen and oxygen atoms in total. The molecule has 2 aliphatic rings. The second-order valence-corrected chi connectivity index (χ2v) is 10.7. The fourth-order valence-corrected chi connectivity index (χ4v) is 5.85. The SMILES string of the molecule is CC(=O)NC1CCN(c2ccc(C(F)(F)F)c(-n3nc(-c4cc(C)cc(C)c4)c4c(c3=O)N(CC(N)=O)CC4)c2)C1. The Morgan fingerprint density at radius 1 is 1.10 bits per heavy atom. The highest BCUT2D eigenvalue weighted by Crippen LogP contribution is 2.38. The summed E-state index contributed by atoms with van der Waals surface area (Å²) >= 11 is 0. The predicted molar refractivity (Wildman–Crippen MR) is 149 cm³/mol. The van der Waals surface area contributed by atoms with Crippen LogP contribution in [0.4, 0.5) is 24.5 Å². The van der Waals surface area contributed by atoms with Crippen molar-refractivity contribution in [2.75, 3.05) is 36.0 Å². The van der Waals surface area contributed by atoms with Gasteiger partial charge in [-0.05, 0) is 57.0 Å². The lowest BCUT2D eigenvalue weighted by Gasteiger charge is -2.23. The van der Waals surface area contributed by atoms with E-state index in [1.54, 1.807) is 0 Å². The molecule has 3 N–H and O–H groups in total. The van der Waals surface area contributed by atoms with Gasteiger partial charge in [0.15, 0.2) is 0 Å². The van der Waals surface area contributed by atoms with Gasteiger partial charge >= 0.3 is 6.18 Å². The van der Waals surface area contributed by atoms with E-state index in [-0.39, 0.29) is 24.2 Å². The van der Waals surface area contributed by atoms with E-state index in [1.165, 1.54) is 24.0 Å². The second kappa shape index (κ2) is 10.6. The molecule has 1 aromatic heterocycles. The van der Waals surface area contributed by atoms with E-state index in [2.05, 4.69) is 10.4 Å². The van der Waals surface area contributed by atoms with Crippen LogP contribution in [0.1, 0.15) is 35.6 Å². The summed E-state index contributed by atoms with van der Waals surface area (Å²) in [5.74, 6) is -0.840. The normalized spacial score (nSPS) is 16.7. The number of halogens is 3. The Morgan fingerprint density at radius 3 is 2.44 bits per heavy atom. The van der Waals surface area contributed by atoms with Gasteiger partial charge in [-0.1, -0.05) is 17.2 Å². The van der Waals surface area contributed by atoms with Gasteiger partial charge in [0.2, 0.25) is 11.8 Å². The minimum absolute atomic E-state index is 0.124. The Labute approximate surface area is 234 Å². The van der Waals surface area contributed by atoms with Gasteiger partial charge in [-0.15, -0.1) is 0 Å². The first-order valence-electron chi connectivity index (χ1n) is 13.3. The molecule has 0 aliphatic carbocycles. The number of nitrogens with zero attached hydrogens (tertiary/aromatic N) is 4. The number of nitrogens with one attached hydrogen (secondary N) is 1. The van der Waals surface area contributed by atoms with Crippen LogP contribution in [0.15, 0.2) is 41.2 Å². The molecule has 5 rings (SSSR count). The largest absolute Gasteiger partial charge is 0.418 e. The highest BCUT2D eigenvalue weighted by atomic mass is 19.4. The quantitative estimate of drug-likeness (QED) is 0.473. The van der Waals surface area contributed by atoms with Crippen molar-refractivity contribution in [2.45, 2.75) is 45.8 Å². The molecule has 0 saturated carbocycles. The lowest BCUT2D eigenvalue weighted by Crippen LogP contribution is -2.37. The van der Waals surface area contributed by atoms with E-state index in [0.717, 1.165) is 21.9 Å². The molecular formula is C29H31F3N6O3. The summed E-state index contributed by atoms with van der Waals surface area (Å²) in [6.45, 7) is 6.22. The topological polar surface area (TPSA) is 114 Å². The molecule has 0 bridgehead atoms. The van der Waals surface area contributed by atoms with Gasteiger partial charge in [-0.25, -0.2) is 0 Å². The van der Waals surface area contributed by atoms with Crippen molar-refractivity contribution in [1.82, 2.24) is 15.1 Å². The summed E-state index contributed by atoms with van der Waals surface area (Å²) < 4.78 is 43.9. The predicted octanol–water partition coefficient (Wildman–Crippen LogP) is 3.10. The molecule has 3 heterocycles. The van der Waals surface area contributed by atoms with Crippen molar-refractivity contribution >= 4 is 23.2 Å². The first kappa shape index (κ1) is 28.2. The van der Waals surface area contributed by atoms with E-state index in [1.807, 2.05) is 36.9 Å². The van der Waals surface area contributed by atoms with Crippen molar-refractivity contribution in [3.8, 4) is 16.9 Å². The minimum Gasteiger partial charge on any atom is -0.369 e.